The summed E-state index contributed by atoms with van der Waals surface area (Å²) in [6.07, 6.45) is 0.295. The molecule has 0 aromatic heterocycles. The van der Waals surface area contributed by atoms with Crippen molar-refractivity contribution in [3.05, 3.63) is 70.3 Å². The topological polar surface area (TPSA) is 95.1 Å². The predicted molar refractivity (Wildman–Crippen MR) is 124 cm³/mol. The molecule has 2 saturated heterocycles. The number of rotatable bonds is 5. The number of imide groups is 1. The Morgan fingerprint density at radius 1 is 0.765 bits per heavy atom. The van der Waals surface area contributed by atoms with Crippen LogP contribution in [0.1, 0.15) is 50.2 Å². The van der Waals surface area contributed by atoms with Gasteiger partial charge in [0.1, 0.15) is 6.54 Å². The zero-order valence-corrected chi connectivity index (χ0v) is 19.4. The van der Waals surface area contributed by atoms with Crippen LogP contribution in [0.25, 0.3) is 0 Å². The van der Waals surface area contributed by atoms with Gasteiger partial charge in [-0.2, -0.15) is 0 Å². The van der Waals surface area contributed by atoms with E-state index in [-0.39, 0.29) is 48.8 Å². The molecule has 0 bridgehead atoms. The zero-order valence-electron chi connectivity index (χ0n) is 19.4. The normalized spacial score (nSPS) is 16.2. The quantitative estimate of drug-likeness (QED) is 0.501. The number of carbonyl (C=O) groups is 5. The summed E-state index contributed by atoms with van der Waals surface area (Å²) in [5.41, 5.74) is 3.31. The molecule has 2 fully saturated rings. The summed E-state index contributed by atoms with van der Waals surface area (Å²) in [5, 5.41) is 0. The smallest absolute Gasteiger partial charge is 0.254 e. The third-order valence-corrected chi connectivity index (χ3v) is 6.54. The molecule has 0 atom stereocenters. The van der Waals surface area contributed by atoms with Crippen LogP contribution in [0.3, 0.4) is 0 Å². The van der Waals surface area contributed by atoms with Crippen LogP contribution >= 0.6 is 0 Å². The second-order valence-corrected chi connectivity index (χ2v) is 8.72. The van der Waals surface area contributed by atoms with E-state index in [4.69, 9.17) is 0 Å². The van der Waals surface area contributed by atoms with Crippen molar-refractivity contribution in [1.29, 1.82) is 0 Å². The monoisotopic (exact) mass is 461 g/mol. The van der Waals surface area contributed by atoms with Crippen molar-refractivity contribution in [2.75, 3.05) is 32.7 Å². The molecule has 34 heavy (non-hydrogen) atoms. The first kappa shape index (κ1) is 23.4. The van der Waals surface area contributed by atoms with Crippen molar-refractivity contribution in [2.24, 2.45) is 0 Å². The molecule has 0 N–H and O–H groups in total. The van der Waals surface area contributed by atoms with Crippen LogP contribution in [0.15, 0.2) is 42.5 Å². The summed E-state index contributed by atoms with van der Waals surface area (Å²) in [5.74, 6) is -1.42. The molecule has 4 rings (SSSR count). The minimum absolute atomic E-state index is 0.147. The molecular formula is C26H27N3O5. The van der Waals surface area contributed by atoms with E-state index < -0.39 is 0 Å². The van der Waals surface area contributed by atoms with Crippen molar-refractivity contribution in [1.82, 2.24) is 14.7 Å². The number of amides is 4. The average Bonchev–Trinajstić information content (AvgIpc) is 3.17. The van der Waals surface area contributed by atoms with E-state index in [1.54, 1.807) is 40.1 Å². The first-order valence-corrected chi connectivity index (χ1v) is 11.4. The summed E-state index contributed by atoms with van der Waals surface area (Å²) >= 11 is 0. The molecule has 8 nitrogen and oxygen atoms in total. The van der Waals surface area contributed by atoms with Crippen LogP contribution < -0.4 is 0 Å². The van der Waals surface area contributed by atoms with E-state index in [2.05, 4.69) is 0 Å². The van der Waals surface area contributed by atoms with Crippen molar-refractivity contribution in [3.8, 4) is 0 Å². The molecular weight excluding hydrogens is 434 g/mol. The largest absolute Gasteiger partial charge is 0.338 e. The lowest BCUT2D eigenvalue weighted by molar-refractivity contribution is -0.146. The van der Waals surface area contributed by atoms with Gasteiger partial charge in [-0.1, -0.05) is 30.3 Å². The molecule has 8 heteroatoms. The Morgan fingerprint density at radius 3 is 1.97 bits per heavy atom. The van der Waals surface area contributed by atoms with E-state index in [0.29, 0.717) is 42.9 Å². The lowest BCUT2D eigenvalue weighted by Crippen LogP contribution is -2.53. The van der Waals surface area contributed by atoms with Gasteiger partial charge in [-0.25, -0.2) is 0 Å². The molecule has 0 spiro atoms. The van der Waals surface area contributed by atoms with Crippen molar-refractivity contribution in [2.45, 2.75) is 26.7 Å². The van der Waals surface area contributed by atoms with Crippen LogP contribution in [-0.2, 0) is 14.4 Å². The van der Waals surface area contributed by atoms with Crippen molar-refractivity contribution >= 4 is 29.4 Å². The highest BCUT2D eigenvalue weighted by Crippen LogP contribution is 2.20. The molecule has 2 aromatic rings. The minimum atomic E-state index is -0.322. The predicted octanol–water partition coefficient (Wildman–Crippen LogP) is 1.97. The molecule has 0 saturated carbocycles. The van der Waals surface area contributed by atoms with Gasteiger partial charge in [-0.05, 0) is 37.1 Å². The maximum atomic E-state index is 13.3. The highest BCUT2D eigenvalue weighted by atomic mass is 16.2. The number of aryl methyl sites for hydroxylation is 2. The third kappa shape index (κ3) is 4.62. The van der Waals surface area contributed by atoms with Crippen LogP contribution in [0.4, 0.5) is 0 Å². The van der Waals surface area contributed by atoms with Crippen LogP contribution in [0.2, 0.25) is 0 Å². The summed E-state index contributed by atoms with van der Waals surface area (Å²) in [6, 6.07) is 12.3. The lowest BCUT2D eigenvalue weighted by Gasteiger charge is -2.35. The molecule has 176 valence electrons. The fraction of sp³-hybridized carbons (Fsp3) is 0.346. The Bertz CT molecular complexity index is 1160. The van der Waals surface area contributed by atoms with Crippen molar-refractivity contribution in [3.63, 3.8) is 0 Å². The second kappa shape index (κ2) is 9.59. The Kier molecular flexibility index (Phi) is 6.58. The molecule has 0 unspecified atom stereocenters. The maximum Gasteiger partial charge on any atom is 0.254 e. The van der Waals surface area contributed by atoms with Gasteiger partial charge in [0.2, 0.25) is 17.7 Å². The number of hydrogen-bond donors (Lipinski definition) is 0. The second-order valence-electron chi connectivity index (χ2n) is 8.72. The number of likely N-dealkylation sites (tertiary alicyclic amines) is 1. The number of benzene rings is 2. The molecule has 0 aliphatic carbocycles. The van der Waals surface area contributed by atoms with Crippen LogP contribution in [0, 0.1) is 13.8 Å². The van der Waals surface area contributed by atoms with Crippen LogP contribution in [-0.4, -0.2) is 76.8 Å². The van der Waals surface area contributed by atoms with Crippen molar-refractivity contribution < 1.29 is 24.0 Å². The fourth-order valence-electron chi connectivity index (χ4n) is 4.27. The SMILES string of the molecule is Cc1ccc(C(=O)c2ccccc2C(=O)N2CCN(C(=O)CN3C(=O)CCC3=O)CC2)cc1C. The average molecular weight is 462 g/mol. The van der Waals surface area contributed by atoms with Gasteiger partial charge in [-0.15, -0.1) is 0 Å². The lowest BCUT2D eigenvalue weighted by atomic mass is 9.95. The summed E-state index contributed by atoms with van der Waals surface area (Å²) in [7, 11) is 0. The number of hydrogen-bond acceptors (Lipinski definition) is 5. The third-order valence-electron chi connectivity index (χ3n) is 6.54. The molecule has 0 radical (unpaired) electrons. The van der Waals surface area contributed by atoms with Gasteiger partial charge in [0.15, 0.2) is 5.78 Å². The summed E-state index contributed by atoms with van der Waals surface area (Å²) < 4.78 is 0. The van der Waals surface area contributed by atoms with Gasteiger partial charge in [-0.3, -0.25) is 28.9 Å². The number of carbonyl (C=O) groups excluding carboxylic acids is 5. The van der Waals surface area contributed by atoms with Gasteiger partial charge in [0, 0.05) is 50.1 Å². The van der Waals surface area contributed by atoms with Gasteiger partial charge in [0.05, 0.1) is 5.56 Å². The number of piperazine rings is 1. The molecule has 2 heterocycles. The molecule has 2 aliphatic rings. The molecule has 2 aromatic carbocycles. The van der Waals surface area contributed by atoms with Gasteiger partial charge < -0.3 is 9.80 Å². The highest BCUT2D eigenvalue weighted by Gasteiger charge is 2.33. The minimum Gasteiger partial charge on any atom is -0.338 e. The van der Waals surface area contributed by atoms with Gasteiger partial charge >= 0.3 is 0 Å². The van der Waals surface area contributed by atoms with Gasteiger partial charge in [0.25, 0.3) is 5.91 Å². The Hall–Kier alpha value is -3.81. The number of nitrogens with zero attached hydrogens (tertiary/aromatic N) is 3. The molecule has 2 aliphatic heterocycles. The first-order valence-electron chi connectivity index (χ1n) is 11.4. The first-order chi connectivity index (χ1) is 16.3. The Morgan fingerprint density at radius 2 is 1.35 bits per heavy atom. The molecule has 4 amide bonds. The fourth-order valence-corrected chi connectivity index (χ4v) is 4.27. The van der Waals surface area contributed by atoms with E-state index in [1.807, 2.05) is 26.0 Å². The maximum absolute atomic E-state index is 13.3. The van der Waals surface area contributed by atoms with E-state index in [0.717, 1.165) is 16.0 Å². The summed E-state index contributed by atoms with van der Waals surface area (Å²) in [6.45, 7) is 4.88. The summed E-state index contributed by atoms with van der Waals surface area (Å²) in [4.78, 5) is 66.8. The highest BCUT2D eigenvalue weighted by molar-refractivity contribution is 6.15. The van der Waals surface area contributed by atoms with E-state index in [9.17, 15) is 24.0 Å². The Labute approximate surface area is 198 Å². The van der Waals surface area contributed by atoms with E-state index in [1.165, 1.54) is 0 Å². The standard InChI is InChI=1S/C26H27N3O5/c1-17-7-8-19(15-18(17)2)25(33)20-5-3-4-6-21(20)26(34)28-13-11-27(12-14-28)24(32)16-29-22(30)9-10-23(29)31/h3-8,15H,9-14,16H2,1-2H3. The van der Waals surface area contributed by atoms with E-state index >= 15 is 0 Å². The Balaban J connectivity index is 1.43. The number of ketones is 1. The van der Waals surface area contributed by atoms with Crippen LogP contribution in [0.5, 0.6) is 0 Å². The zero-order chi connectivity index (χ0) is 24.4.